The van der Waals surface area contributed by atoms with Gasteiger partial charge >= 0.3 is 23.9 Å². The van der Waals surface area contributed by atoms with Crippen LogP contribution in [0.5, 0.6) is 0 Å². The molecule has 0 amide bonds. The van der Waals surface area contributed by atoms with E-state index in [9.17, 15) is 19.2 Å². The molecule has 0 unspecified atom stereocenters. The summed E-state index contributed by atoms with van der Waals surface area (Å²) in [7, 11) is 0. The number of hydrogen-bond donors (Lipinski definition) is 0. The van der Waals surface area contributed by atoms with E-state index >= 15 is 0 Å². The monoisotopic (exact) mass is 598 g/mol. The van der Waals surface area contributed by atoms with Gasteiger partial charge in [-0.1, -0.05) is 56.1 Å². The molecule has 0 saturated carbocycles. The maximum absolute atomic E-state index is 12.0. The fourth-order valence-electron chi connectivity index (χ4n) is 2.52. The van der Waals surface area contributed by atoms with Crippen LogP contribution < -0.4 is 0 Å². The van der Waals surface area contributed by atoms with Crippen molar-refractivity contribution < 1.29 is 38.1 Å². The van der Waals surface area contributed by atoms with E-state index in [1.807, 2.05) is 24.3 Å². The van der Waals surface area contributed by atoms with E-state index in [-0.39, 0.29) is 13.2 Å². The molecule has 2 aromatic rings. The summed E-state index contributed by atoms with van der Waals surface area (Å²) in [6.07, 6.45) is -2.84. The molecule has 0 N–H and O–H groups in total. The number of benzene rings is 2. The topological polar surface area (TPSA) is 105 Å². The highest BCUT2D eigenvalue weighted by Gasteiger charge is 2.24. The van der Waals surface area contributed by atoms with Crippen molar-refractivity contribution in [3.05, 3.63) is 68.6 Å². The van der Waals surface area contributed by atoms with E-state index < -0.39 is 48.9 Å². The third-order valence-corrected chi connectivity index (χ3v) is 5.56. The van der Waals surface area contributed by atoms with Gasteiger partial charge in [-0.05, 0) is 49.2 Å². The Labute approximate surface area is 214 Å². The smallest absolute Gasteiger partial charge is 0.317 e. The van der Waals surface area contributed by atoms with Crippen LogP contribution in [0.4, 0.5) is 0 Å². The molecule has 0 bridgehead atoms. The SMILES string of the molecule is C[C@@H](OC(=O)CC(=O)OCc1ccc(Br)cc1)[C@@H](C)OC(=O)CC(=O)OCc1ccc(Br)cc1. The first-order chi connectivity index (χ1) is 16.1. The third kappa shape index (κ3) is 10.5. The van der Waals surface area contributed by atoms with Gasteiger partial charge in [0.2, 0.25) is 0 Å². The van der Waals surface area contributed by atoms with Crippen LogP contribution in [0.2, 0.25) is 0 Å². The van der Waals surface area contributed by atoms with Crippen molar-refractivity contribution in [2.24, 2.45) is 0 Å². The Morgan fingerprint density at radius 1 is 0.618 bits per heavy atom. The van der Waals surface area contributed by atoms with Crippen LogP contribution in [-0.2, 0) is 51.3 Å². The largest absolute Gasteiger partial charge is 0.460 e. The molecule has 0 aliphatic rings. The lowest BCUT2D eigenvalue weighted by molar-refractivity contribution is -0.171. The summed E-state index contributed by atoms with van der Waals surface area (Å²) in [5, 5.41) is 0. The molecule has 0 radical (unpaired) electrons. The quantitative estimate of drug-likeness (QED) is 0.209. The predicted molar refractivity (Wildman–Crippen MR) is 128 cm³/mol. The number of esters is 4. The molecule has 0 aliphatic heterocycles. The minimum absolute atomic E-state index is 0.0287. The lowest BCUT2D eigenvalue weighted by Gasteiger charge is -2.20. The Hall–Kier alpha value is -2.72. The molecule has 0 fully saturated rings. The summed E-state index contributed by atoms with van der Waals surface area (Å²) >= 11 is 6.62. The van der Waals surface area contributed by atoms with Gasteiger partial charge in [0.25, 0.3) is 0 Å². The van der Waals surface area contributed by atoms with Crippen LogP contribution in [0, 0.1) is 0 Å². The summed E-state index contributed by atoms with van der Waals surface area (Å²) in [4.78, 5) is 47.7. The minimum atomic E-state index is -0.838. The van der Waals surface area contributed by atoms with Crippen molar-refractivity contribution in [3.63, 3.8) is 0 Å². The third-order valence-electron chi connectivity index (χ3n) is 4.50. The van der Waals surface area contributed by atoms with E-state index in [0.29, 0.717) is 0 Å². The van der Waals surface area contributed by atoms with Gasteiger partial charge in [0.15, 0.2) is 0 Å². The van der Waals surface area contributed by atoms with E-state index in [2.05, 4.69) is 31.9 Å². The van der Waals surface area contributed by atoms with Gasteiger partial charge in [0, 0.05) is 8.95 Å². The molecule has 2 rings (SSSR count). The molecule has 0 aromatic heterocycles. The molecule has 0 aliphatic carbocycles. The number of halogens is 2. The van der Waals surface area contributed by atoms with Crippen LogP contribution in [0.1, 0.15) is 37.8 Å². The molecule has 8 nitrogen and oxygen atoms in total. The van der Waals surface area contributed by atoms with Crippen LogP contribution in [0.25, 0.3) is 0 Å². The van der Waals surface area contributed by atoms with Gasteiger partial charge in [0.05, 0.1) is 0 Å². The van der Waals surface area contributed by atoms with Crippen molar-refractivity contribution in [1.29, 1.82) is 0 Å². The highest BCUT2D eigenvalue weighted by atomic mass is 79.9. The molecular formula is C24H24Br2O8. The van der Waals surface area contributed by atoms with Gasteiger partial charge in [0.1, 0.15) is 38.3 Å². The van der Waals surface area contributed by atoms with Crippen molar-refractivity contribution in [2.75, 3.05) is 0 Å². The number of hydrogen-bond acceptors (Lipinski definition) is 8. The van der Waals surface area contributed by atoms with Crippen molar-refractivity contribution >= 4 is 55.7 Å². The maximum atomic E-state index is 12.0. The first kappa shape index (κ1) is 27.5. The fraction of sp³-hybridized carbons (Fsp3) is 0.333. The van der Waals surface area contributed by atoms with Crippen molar-refractivity contribution in [2.45, 2.75) is 52.1 Å². The fourth-order valence-corrected chi connectivity index (χ4v) is 3.04. The number of ether oxygens (including phenoxy) is 4. The number of rotatable bonds is 11. The molecule has 2 atom stereocenters. The average molecular weight is 600 g/mol. The second-order valence-corrected chi connectivity index (χ2v) is 9.15. The highest BCUT2D eigenvalue weighted by Crippen LogP contribution is 2.13. The second kappa shape index (κ2) is 13.9. The molecule has 182 valence electrons. The van der Waals surface area contributed by atoms with Crippen LogP contribution in [-0.4, -0.2) is 36.1 Å². The maximum Gasteiger partial charge on any atom is 0.317 e. The summed E-state index contributed by atoms with van der Waals surface area (Å²) in [6.45, 7) is 3.07. The average Bonchev–Trinajstić information content (AvgIpc) is 2.78. The Bertz CT molecular complexity index is 908. The first-order valence-electron chi connectivity index (χ1n) is 10.3. The predicted octanol–water partition coefficient (Wildman–Crippen LogP) is 4.64. The van der Waals surface area contributed by atoms with Gasteiger partial charge in [-0.15, -0.1) is 0 Å². The van der Waals surface area contributed by atoms with Gasteiger partial charge in [-0.25, -0.2) is 0 Å². The minimum Gasteiger partial charge on any atom is -0.460 e. The standard InChI is InChI=1S/C24H24Br2O8/c1-15(33-23(29)11-21(27)31-13-17-3-7-19(25)8-4-17)16(2)34-24(30)12-22(28)32-14-18-5-9-20(26)10-6-18/h3-10,15-16H,11-14H2,1-2H3/t15-,16-/m1/s1. The lowest BCUT2D eigenvalue weighted by atomic mass is 10.2. The van der Waals surface area contributed by atoms with Crippen molar-refractivity contribution in [3.8, 4) is 0 Å². The van der Waals surface area contributed by atoms with E-state index in [0.717, 1.165) is 20.1 Å². The number of carbonyl (C=O) groups excluding carboxylic acids is 4. The molecular weight excluding hydrogens is 576 g/mol. The highest BCUT2D eigenvalue weighted by molar-refractivity contribution is 9.10. The zero-order valence-electron chi connectivity index (χ0n) is 18.6. The molecule has 0 heterocycles. The van der Waals surface area contributed by atoms with E-state index in [1.54, 1.807) is 24.3 Å². The van der Waals surface area contributed by atoms with Crippen molar-refractivity contribution in [1.82, 2.24) is 0 Å². The Morgan fingerprint density at radius 3 is 1.26 bits per heavy atom. The summed E-state index contributed by atoms with van der Waals surface area (Å²) in [5.41, 5.74) is 1.54. The molecule has 34 heavy (non-hydrogen) atoms. The zero-order valence-corrected chi connectivity index (χ0v) is 21.8. The molecule has 0 spiro atoms. The zero-order chi connectivity index (χ0) is 25.1. The molecule has 10 heteroatoms. The van der Waals surface area contributed by atoms with Gasteiger partial charge in [-0.3, -0.25) is 19.2 Å². The van der Waals surface area contributed by atoms with Crippen LogP contribution in [0.3, 0.4) is 0 Å². The van der Waals surface area contributed by atoms with Gasteiger partial charge < -0.3 is 18.9 Å². The van der Waals surface area contributed by atoms with E-state index in [1.165, 1.54) is 13.8 Å². The first-order valence-corrected chi connectivity index (χ1v) is 11.9. The Kier molecular flexibility index (Phi) is 11.2. The van der Waals surface area contributed by atoms with E-state index in [4.69, 9.17) is 18.9 Å². The summed E-state index contributed by atoms with van der Waals surface area (Å²) in [5.74, 6) is -3.10. The van der Waals surface area contributed by atoms with Crippen LogP contribution >= 0.6 is 31.9 Å². The van der Waals surface area contributed by atoms with Crippen LogP contribution in [0.15, 0.2) is 57.5 Å². The summed E-state index contributed by atoms with van der Waals surface area (Å²) < 4.78 is 22.2. The number of carbonyl (C=O) groups is 4. The second-order valence-electron chi connectivity index (χ2n) is 7.32. The summed E-state index contributed by atoms with van der Waals surface area (Å²) in [6, 6.07) is 14.4. The lowest BCUT2D eigenvalue weighted by Crippen LogP contribution is -2.32. The van der Waals surface area contributed by atoms with Gasteiger partial charge in [-0.2, -0.15) is 0 Å². The Morgan fingerprint density at radius 2 is 0.941 bits per heavy atom. The Balaban J connectivity index is 1.66. The normalized spacial score (nSPS) is 12.2. The molecule has 2 aromatic carbocycles. The molecule has 0 saturated heterocycles.